The fraction of sp³-hybridized carbons (Fsp3) is 0.545. The Hall–Kier alpha value is -0.480. The van der Waals surface area contributed by atoms with Crippen LogP contribution >= 0.6 is 15.9 Å². The summed E-state index contributed by atoms with van der Waals surface area (Å²) >= 11 is 3.11. The molecule has 15 heavy (non-hydrogen) atoms. The summed E-state index contributed by atoms with van der Waals surface area (Å²) in [5.41, 5.74) is 0.935. The average molecular weight is 273 g/mol. The van der Waals surface area contributed by atoms with Gasteiger partial charge in [-0.1, -0.05) is 6.42 Å². The second-order valence-corrected chi connectivity index (χ2v) is 4.66. The van der Waals surface area contributed by atoms with Crippen LogP contribution in [0.25, 0.3) is 0 Å². The third-order valence-electron chi connectivity index (χ3n) is 2.70. The molecule has 2 heterocycles. The maximum absolute atomic E-state index is 13.0. The highest BCUT2D eigenvalue weighted by Gasteiger charge is 2.11. The van der Waals surface area contributed by atoms with E-state index in [1.807, 2.05) is 0 Å². The molecule has 82 valence electrons. The maximum Gasteiger partial charge on any atom is 0.155 e. The number of piperidine rings is 1. The zero-order chi connectivity index (χ0) is 10.7. The Labute approximate surface area is 97.6 Å². The summed E-state index contributed by atoms with van der Waals surface area (Å²) in [4.78, 5) is 6.54. The predicted molar refractivity (Wildman–Crippen MR) is 61.0 cm³/mol. The number of aromatic nitrogens is 1. The lowest BCUT2D eigenvalue weighted by Gasteiger charge is -2.25. The number of pyridine rings is 1. The topological polar surface area (TPSA) is 16.1 Å². The fourth-order valence-corrected chi connectivity index (χ4v) is 2.25. The van der Waals surface area contributed by atoms with E-state index >= 15 is 0 Å². The fourth-order valence-electron chi connectivity index (χ4n) is 1.89. The van der Waals surface area contributed by atoms with Crippen molar-refractivity contribution < 1.29 is 4.39 Å². The van der Waals surface area contributed by atoms with E-state index < -0.39 is 0 Å². The molecule has 0 amide bonds. The number of rotatable bonds is 2. The minimum absolute atomic E-state index is 0.294. The quantitative estimate of drug-likeness (QED) is 0.770. The van der Waals surface area contributed by atoms with E-state index in [1.54, 1.807) is 6.07 Å². The second-order valence-electron chi connectivity index (χ2n) is 3.91. The van der Waals surface area contributed by atoms with Crippen LogP contribution in [-0.4, -0.2) is 23.0 Å². The summed E-state index contributed by atoms with van der Waals surface area (Å²) < 4.78 is 13.3. The van der Waals surface area contributed by atoms with Crippen molar-refractivity contribution in [1.82, 2.24) is 9.88 Å². The van der Waals surface area contributed by atoms with Crippen molar-refractivity contribution in [3.63, 3.8) is 0 Å². The third-order valence-corrected chi connectivity index (χ3v) is 3.25. The van der Waals surface area contributed by atoms with Crippen LogP contribution in [0.1, 0.15) is 25.0 Å². The minimum Gasteiger partial charge on any atom is -0.298 e. The first-order valence-corrected chi connectivity index (χ1v) is 6.08. The minimum atomic E-state index is -0.294. The van der Waals surface area contributed by atoms with Crippen LogP contribution in [0.5, 0.6) is 0 Å². The van der Waals surface area contributed by atoms with Gasteiger partial charge in [0, 0.05) is 6.54 Å². The molecule has 0 radical (unpaired) electrons. The highest BCUT2D eigenvalue weighted by atomic mass is 79.9. The Morgan fingerprint density at radius 1 is 1.27 bits per heavy atom. The van der Waals surface area contributed by atoms with Crippen molar-refractivity contribution in [2.24, 2.45) is 0 Å². The summed E-state index contributed by atoms with van der Waals surface area (Å²) in [7, 11) is 0. The third kappa shape index (κ3) is 2.98. The molecule has 1 saturated heterocycles. The van der Waals surface area contributed by atoms with Crippen LogP contribution in [0.3, 0.4) is 0 Å². The molecule has 1 fully saturated rings. The number of hydrogen-bond donors (Lipinski definition) is 0. The van der Waals surface area contributed by atoms with Crippen molar-refractivity contribution in [3.8, 4) is 0 Å². The standard InChI is InChI=1S/C11H14BrFN2/c12-11-10(13)5-4-9(14-11)8-15-6-2-1-3-7-15/h4-5H,1-3,6-8H2. The van der Waals surface area contributed by atoms with Crippen LogP contribution in [-0.2, 0) is 6.54 Å². The number of likely N-dealkylation sites (tertiary alicyclic amines) is 1. The van der Waals surface area contributed by atoms with Gasteiger partial charge in [-0.2, -0.15) is 0 Å². The molecular weight excluding hydrogens is 259 g/mol. The Balaban J connectivity index is 2.00. The van der Waals surface area contributed by atoms with E-state index in [0.717, 1.165) is 25.3 Å². The van der Waals surface area contributed by atoms with E-state index in [4.69, 9.17) is 0 Å². The maximum atomic E-state index is 13.0. The van der Waals surface area contributed by atoms with Crippen molar-refractivity contribution in [3.05, 3.63) is 28.2 Å². The SMILES string of the molecule is Fc1ccc(CN2CCCCC2)nc1Br. The van der Waals surface area contributed by atoms with Crippen molar-refractivity contribution in [2.75, 3.05) is 13.1 Å². The van der Waals surface area contributed by atoms with Gasteiger partial charge in [0.2, 0.25) is 0 Å². The molecule has 0 bridgehead atoms. The molecule has 0 unspecified atom stereocenters. The molecule has 1 aromatic rings. The summed E-state index contributed by atoms with van der Waals surface area (Å²) in [5.74, 6) is -0.294. The molecule has 1 aliphatic heterocycles. The lowest BCUT2D eigenvalue weighted by molar-refractivity contribution is 0.218. The molecule has 0 aromatic carbocycles. The molecule has 0 spiro atoms. The molecule has 0 N–H and O–H groups in total. The van der Waals surface area contributed by atoms with Gasteiger partial charge < -0.3 is 0 Å². The molecular formula is C11H14BrFN2. The van der Waals surface area contributed by atoms with Gasteiger partial charge >= 0.3 is 0 Å². The Bertz CT molecular complexity index is 337. The first-order valence-electron chi connectivity index (χ1n) is 5.29. The largest absolute Gasteiger partial charge is 0.298 e. The van der Waals surface area contributed by atoms with E-state index in [1.165, 1.54) is 25.3 Å². The predicted octanol–water partition coefficient (Wildman–Crippen LogP) is 2.97. The molecule has 1 aliphatic rings. The number of nitrogens with zero attached hydrogens (tertiary/aromatic N) is 2. The smallest absolute Gasteiger partial charge is 0.155 e. The summed E-state index contributed by atoms with van der Waals surface area (Å²) in [6.45, 7) is 3.10. The normalized spacial score (nSPS) is 18.0. The zero-order valence-corrected chi connectivity index (χ0v) is 10.1. The molecule has 1 aromatic heterocycles. The summed E-state index contributed by atoms with van der Waals surface area (Å²) in [6.07, 6.45) is 3.86. The van der Waals surface area contributed by atoms with Gasteiger partial charge in [-0.15, -0.1) is 0 Å². The van der Waals surface area contributed by atoms with Gasteiger partial charge in [0.15, 0.2) is 5.82 Å². The lowest BCUT2D eigenvalue weighted by Crippen LogP contribution is -2.29. The van der Waals surface area contributed by atoms with Crippen molar-refractivity contribution in [2.45, 2.75) is 25.8 Å². The van der Waals surface area contributed by atoms with E-state index in [-0.39, 0.29) is 5.82 Å². The Morgan fingerprint density at radius 3 is 2.67 bits per heavy atom. The van der Waals surface area contributed by atoms with Gasteiger partial charge in [0.1, 0.15) is 4.60 Å². The molecule has 2 rings (SSSR count). The monoisotopic (exact) mass is 272 g/mol. The van der Waals surface area contributed by atoms with Gasteiger partial charge in [-0.3, -0.25) is 4.90 Å². The zero-order valence-electron chi connectivity index (χ0n) is 8.55. The van der Waals surface area contributed by atoms with Crippen LogP contribution in [0.2, 0.25) is 0 Å². The first-order chi connectivity index (χ1) is 7.25. The Kier molecular flexibility index (Phi) is 3.70. The highest BCUT2D eigenvalue weighted by Crippen LogP contribution is 2.15. The lowest BCUT2D eigenvalue weighted by atomic mass is 10.1. The van der Waals surface area contributed by atoms with E-state index in [2.05, 4.69) is 25.8 Å². The van der Waals surface area contributed by atoms with Crippen LogP contribution in [0, 0.1) is 5.82 Å². The number of halogens is 2. The van der Waals surface area contributed by atoms with Gasteiger partial charge in [-0.05, 0) is 54.0 Å². The first kappa shape index (κ1) is 11.0. The van der Waals surface area contributed by atoms with Gasteiger partial charge in [-0.25, -0.2) is 9.37 Å². The molecule has 2 nitrogen and oxygen atoms in total. The Morgan fingerprint density at radius 2 is 2.00 bits per heavy atom. The second kappa shape index (κ2) is 5.03. The van der Waals surface area contributed by atoms with E-state index in [9.17, 15) is 4.39 Å². The van der Waals surface area contributed by atoms with Gasteiger partial charge in [0.25, 0.3) is 0 Å². The molecule has 0 atom stereocenters. The van der Waals surface area contributed by atoms with Crippen LogP contribution < -0.4 is 0 Å². The van der Waals surface area contributed by atoms with Gasteiger partial charge in [0.05, 0.1) is 5.69 Å². The van der Waals surface area contributed by atoms with Crippen LogP contribution in [0.15, 0.2) is 16.7 Å². The summed E-state index contributed by atoms with van der Waals surface area (Å²) in [6, 6.07) is 3.23. The van der Waals surface area contributed by atoms with Crippen LogP contribution in [0.4, 0.5) is 4.39 Å². The average Bonchev–Trinajstić information content (AvgIpc) is 2.25. The summed E-state index contributed by atoms with van der Waals surface area (Å²) in [5, 5.41) is 0. The molecule has 0 saturated carbocycles. The van der Waals surface area contributed by atoms with E-state index in [0.29, 0.717) is 4.60 Å². The van der Waals surface area contributed by atoms with Crippen molar-refractivity contribution in [1.29, 1.82) is 0 Å². The van der Waals surface area contributed by atoms with Crippen molar-refractivity contribution >= 4 is 15.9 Å². The highest BCUT2D eigenvalue weighted by molar-refractivity contribution is 9.10. The molecule has 4 heteroatoms. The molecule has 0 aliphatic carbocycles. The number of hydrogen-bond acceptors (Lipinski definition) is 2.